The standard InChI is InChI=1S/C26H24Cl2N4O3/c1-26(2,3)21-14-22(30-25(35)29-20-10-6-9-19(27)24(20)28)32(31-21)17-11-15-7-4-5-8-18(15)16(12-17)13-23(33)34/h4-12,14H,13H2,1-3H3,(H,33,34)(H2,29,30,35). The Hall–Kier alpha value is -3.55. The molecule has 9 heteroatoms. The fraction of sp³-hybridized carbons (Fsp3) is 0.192. The van der Waals surface area contributed by atoms with Gasteiger partial charge in [0.15, 0.2) is 0 Å². The summed E-state index contributed by atoms with van der Waals surface area (Å²) in [5.41, 5.74) is 2.11. The van der Waals surface area contributed by atoms with Crippen LogP contribution in [-0.2, 0) is 16.6 Å². The minimum Gasteiger partial charge on any atom is -0.481 e. The van der Waals surface area contributed by atoms with Crippen molar-refractivity contribution in [1.29, 1.82) is 0 Å². The summed E-state index contributed by atoms with van der Waals surface area (Å²) in [7, 11) is 0. The highest BCUT2D eigenvalue weighted by Gasteiger charge is 2.22. The number of nitrogens with one attached hydrogen (secondary N) is 2. The number of aliphatic carboxylic acids is 1. The Morgan fingerprint density at radius 2 is 1.74 bits per heavy atom. The van der Waals surface area contributed by atoms with Crippen LogP contribution < -0.4 is 10.6 Å². The van der Waals surface area contributed by atoms with Crippen molar-refractivity contribution in [3.8, 4) is 5.69 Å². The van der Waals surface area contributed by atoms with Crippen LogP contribution in [0.1, 0.15) is 32.0 Å². The first-order valence-corrected chi connectivity index (χ1v) is 11.6. The molecule has 4 aromatic rings. The number of carbonyl (C=O) groups excluding carboxylic acids is 1. The molecule has 0 spiro atoms. The van der Waals surface area contributed by atoms with Crippen molar-refractivity contribution in [1.82, 2.24) is 9.78 Å². The van der Waals surface area contributed by atoms with Gasteiger partial charge in [-0.2, -0.15) is 5.10 Å². The molecule has 0 unspecified atom stereocenters. The number of anilines is 2. The summed E-state index contributed by atoms with van der Waals surface area (Å²) < 4.78 is 1.61. The molecule has 3 N–H and O–H groups in total. The van der Waals surface area contributed by atoms with E-state index in [0.717, 1.165) is 16.5 Å². The van der Waals surface area contributed by atoms with E-state index in [2.05, 4.69) is 10.6 Å². The van der Waals surface area contributed by atoms with Gasteiger partial charge in [0.25, 0.3) is 0 Å². The second-order valence-electron chi connectivity index (χ2n) is 9.15. The predicted molar refractivity (Wildman–Crippen MR) is 140 cm³/mol. The zero-order valence-electron chi connectivity index (χ0n) is 19.4. The summed E-state index contributed by atoms with van der Waals surface area (Å²) in [6, 6.07) is 17.5. The number of carboxylic acid groups (broad SMARTS) is 1. The third kappa shape index (κ3) is 5.42. The van der Waals surface area contributed by atoms with Gasteiger partial charge in [-0.05, 0) is 40.6 Å². The van der Waals surface area contributed by atoms with Gasteiger partial charge in [0, 0.05) is 11.5 Å². The van der Waals surface area contributed by atoms with E-state index in [9.17, 15) is 14.7 Å². The number of amides is 2. The molecular weight excluding hydrogens is 487 g/mol. The minimum atomic E-state index is -0.931. The zero-order valence-corrected chi connectivity index (χ0v) is 20.9. The number of carboxylic acids is 1. The topological polar surface area (TPSA) is 96.2 Å². The number of benzene rings is 3. The van der Waals surface area contributed by atoms with E-state index in [1.165, 1.54) is 0 Å². The monoisotopic (exact) mass is 510 g/mol. The number of halogens is 2. The lowest BCUT2D eigenvalue weighted by Crippen LogP contribution is -2.21. The van der Waals surface area contributed by atoms with E-state index in [4.69, 9.17) is 28.3 Å². The molecule has 180 valence electrons. The first-order chi connectivity index (χ1) is 16.5. The van der Waals surface area contributed by atoms with E-state index in [0.29, 0.717) is 27.8 Å². The molecule has 2 amide bonds. The molecule has 3 aromatic carbocycles. The van der Waals surface area contributed by atoms with Crippen molar-refractivity contribution in [2.75, 3.05) is 10.6 Å². The number of aromatic nitrogens is 2. The number of hydrogen-bond acceptors (Lipinski definition) is 3. The Morgan fingerprint density at radius 1 is 1.00 bits per heavy atom. The Kier molecular flexibility index (Phi) is 6.74. The predicted octanol–water partition coefficient (Wildman–Crippen LogP) is 6.90. The van der Waals surface area contributed by atoms with Gasteiger partial charge in [-0.3, -0.25) is 10.1 Å². The fourth-order valence-electron chi connectivity index (χ4n) is 3.71. The molecule has 0 fully saturated rings. The number of carbonyl (C=O) groups is 2. The number of nitrogens with zero attached hydrogens (tertiary/aromatic N) is 2. The first kappa shape index (κ1) is 24.6. The molecule has 0 aliphatic rings. The highest BCUT2D eigenvalue weighted by Crippen LogP contribution is 2.31. The number of urea groups is 1. The van der Waals surface area contributed by atoms with Crippen LogP contribution in [0.25, 0.3) is 16.5 Å². The summed E-state index contributed by atoms with van der Waals surface area (Å²) in [6.07, 6.45) is -0.141. The van der Waals surface area contributed by atoms with Crippen LogP contribution in [0.15, 0.2) is 60.7 Å². The quantitative estimate of drug-likeness (QED) is 0.272. The van der Waals surface area contributed by atoms with Crippen molar-refractivity contribution in [2.24, 2.45) is 0 Å². The van der Waals surface area contributed by atoms with Gasteiger partial charge in [-0.15, -0.1) is 0 Å². The SMILES string of the molecule is CC(C)(C)c1cc(NC(=O)Nc2cccc(Cl)c2Cl)n(-c2cc(CC(=O)O)c3ccccc3c2)n1. The van der Waals surface area contributed by atoms with E-state index in [1.807, 2.05) is 51.1 Å². The highest BCUT2D eigenvalue weighted by molar-refractivity contribution is 6.44. The van der Waals surface area contributed by atoms with Gasteiger partial charge < -0.3 is 10.4 Å². The van der Waals surface area contributed by atoms with Crippen molar-refractivity contribution in [3.63, 3.8) is 0 Å². The molecule has 0 aliphatic carbocycles. The maximum Gasteiger partial charge on any atom is 0.324 e. The van der Waals surface area contributed by atoms with Gasteiger partial charge >= 0.3 is 12.0 Å². The van der Waals surface area contributed by atoms with E-state index in [-0.39, 0.29) is 16.9 Å². The largest absolute Gasteiger partial charge is 0.481 e. The summed E-state index contributed by atoms with van der Waals surface area (Å²) in [5, 5.41) is 22.0. The van der Waals surface area contributed by atoms with Gasteiger partial charge in [0.2, 0.25) is 0 Å². The van der Waals surface area contributed by atoms with Crippen LogP contribution >= 0.6 is 23.2 Å². The number of hydrogen-bond donors (Lipinski definition) is 3. The van der Waals surface area contributed by atoms with Crippen LogP contribution in [0, 0.1) is 0 Å². The lowest BCUT2D eigenvalue weighted by molar-refractivity contribution is -0.136. The second kappa shape index (κ2) is 9.60. The Labute approximate surface area is 212 Å². The molecule has 1 heterocycles. The van der Waals surface area contributed by atoms with Crippen LogP contribution in [0.5, 0.6) is 0 Å². The molecular formula is C26H24Cl2N4O3. The highest BCUT2D eigenvalue weighted by atomic mass is 35.5. The zero-order chi connectivity index (χ0) is 25.3. The van der Waals surface area contributed by atoms with Gasteiger partial charge in [-0.1, -0.05) is 74.3 Å². The molecule has 0 bridgehead atoms. The molecule has 1 aromatic heterocycles. The second-order valence-corrected chi connectivity index (χ2v) is 9.94. The van der Waals surface area contributed by atoms with Crippen molar-refractivity contribution < 1.29 is 14.7 Å². The molecule has 7 nitrogen and oxygen atoms in total. The molecule has 0 aliphatic heterocycles. The van der Waals surface area contributed by atoms with Gasteiger partial charge in [0.1, 0.15) is 5.82 Å². The van der Waals surface area contributed by atoms with Crippen molar-refractivity contribution in [3.05, 3.63) is 82.0 Å². The van der Waals surface area contributed by atoms with Crippen LogP contribution in [-0.4, -0.2) is 26.9 Å². The summed E-state index contributed by atoms with van der Waals surface area (Å²) in [4.78, 5) is 24.4. The number of fused-ring (bicyclic) bond motifs is 1. The maximum atomic E-state index is 12.9. The summed E-state index contributed by atoms with van der Waals surface area (Å²) >= 11 is 12.3. The minimum absolute atomic E-state index is 0.141. The lowest BCUT2D eigenvalue weighted by atomic mass is 9.92. The normalized spacial score (nSPS) is 11.5. The van der Waals surface area contributed by atoms with Crippen LogP contribution in [0.3, 0.4) is 0 Å². The lowest BCUT2D eigenvalue weighted by Gasteiger charge is -2.15. The van der Waals surface area contributed by atoms with E-state index < -0.39 is 12.0 Å². The third-order valence-corrected chi connectivity index (χ3v) is 6.26. The van der Waals surface area contributed by atoms with E-state index in [1.54, 1.807) is 35.0 Å². The Balaban J connectivity index is 1.77. The summed E-state index contributed by atoms with van der Waals surface area (Å²) in [5.74, 6) is -0.513. The summed E-state index contributed by atoms with van der Waals surface area (Å²) in [6.45, 7) is 6.06. The first-order valence-electron chi connectivity index (χ1n) is 10.9. The number of rotatable bonds is 5. The van der Waals surface area contributed by atoms with Crippen LogP contribution in [0.4, 0.5) is 16.3 Å². The van der Waals surface area contributed by atoms with Crippen molar-refractivity contribution >= 4 is 57.5 Å². The molecule has 35 heavy (non-hydrogen) atoms. The Bertz CT molecular complexity index is 1440. The van der Waals surface area contributed by atoms with E-state index >= 15 is 0 Å². The molecule has 0 saturated carbocycles. The van der Waals surface area contributed by atoms with Gasteiger partial charge in [-0.25, -0.2) is 9.48 Å². The smallest absolute Gasteiger partial charge is 0.324 e. The third-order valence-electron chi connectivity index (χ3n) is 5.44. The van der Waals surface area contributed by atoms with Gasteiger partial charge in [0.05, 0.1) is 33.5 Å². The van der Waals surface area contributed by atoms with Crippen molar-refractivity contribution in [2.45, 2.75) is 32.6 Å². The molecule has 0 saturated heterocycles. The van der Waals surface area contributed by atoms with Crippen LogP contribution in [0.2, 0.25) is 10.0 Å². The average Bonchev–Trinajstić information content (AvgIpc) is 3.21. The molecule has 0 radical (unpaired) electrons. The average molecular weight is 511 g/mol. The Morgan fingerprint density at radius 3 is 2.46 bits per heavy atom. The molecule has 0 atom stereocenters. The maximum absolute atomic E-state index is 12.9. The fourth-order valence-corrected chi connectivity index (χ4v) is 4.06. The molecule has 4 rings (SSSR count).